The highest BCUT2D eigenvalue weighted by Gasteiger charge is 2.07. The predicted octanol–water partition coefficient (Wildman–Crippen LogP) is 1.78. The van der Waals surface area contributed by atoms with E-state index in [1.165, 1.54) is 6.42 Å². The predicted molar refractivity (Wildman–Crippen MR) is 68.7 cm³/mol. The Morgan fingerprint density at radius 1 is 1.41 bits per heavy atom. The van der Waals surface area contributed by atoms with E-state index in [0.717, 1.165) is 30.2 Å². The first-order chi connectivity index (χ1) is 8.16. The van der Waals surface area contributed by atoms with E-state index >= 15 is 0 Å². The molecule has 2 aromatic rings. The Bertz CT molecular complexity index is 490. The number of nitrogens with zero attached hydrogens (tertiary/aromatic N) is 3. The SMILES string of the molecule is CC(C)CCCNc1nc(N)nc2nc[nH]c12. The molecule has 17 heavy (non-hydrogen) atoms. The van der Waals surface area contributed by atoms with Gasteiger partial charge >= 0.3 is 0 Å². The zero-order chi connectivity index (χ0) is 12.3. The molecule has 0 aromatic carbocycles. The van der Waals surface area contributed by atoms with Crippen LogP contribution in [0.15, 0.2) is 6.33 Å². The standard InChI is InChI=1S/C11H18N6/c1-7(2)4-3-5-13-9-8-10(15-6-14-8)17-11(12)16-9/h6-7H,3-5H2,1-2H3,(H4,12,13,14,15,16,17). The number of nitrogens with two attached hydrogens (primary N) is 1. The highest BCUT2D eigenvalue weighted by Crippen LogP contribution is 2.17. The van der Waals surface area contributed by atoms with E-state index in [4.69, 9.17) is 5.73 Å². The maximum atomic E-state index is 5.62. The molecule has 2 heterocycles. The average molecular weight is 234 g/mol. The van der Waals surface area contributed by atoms with Crippen molar-refractivity contribution in [1.29, 1.82) is 0 Å². The van der Waals surface area contributed by atoms with Crippen LogP contribution in [0.25, 0.3) is 11.2 Å². The first-order valence-electron chi connectivity index (χ1n) is 5.87. The van der Waals surface area contributed by atoms with Gasteiger partial charge in [-0.05, 0) is 18.8 Å². The molecule has 0 saturated heterocycles. The quantitative estimate of drug-likeness (QED) is 0.686. The van der Waals surface area contributed by atoms with Crippen LogP contribution in [0.2, 0.25) is 0 Å². The second kappa shape index (κ2) is 4.99. The Kier molecular flexibility index (Phi) is 3.41. The van der Waals surface area contributed by atoms with Gasteiger partial charge in [0.25, 0.3) is 0 Å². The van der Waals surface area contributed by atoms with Crippen molar-refractivity contribution in [3.8, 4) is 0 Å². The van der Waals surface area contributed by atoms with Gasteiger partial charge in [-0.3, -0.25) is 0 Å². The van der Waals surface area contributed by atoms with E-state index < -0.39 is 0 Å². The van der Waals surface area contributed by atoms with Crippen LogP contribution >= 0.6 is 0 Å². The molecule has 0 radical (unpaired) electrons. The smallest absolute Gasteiger partial charge is 0.224 e. The number of nitrogen functional groups attached to an aromatic ring is 1. The largest absolute Gasteiger partial charge is 0.368 e. The molecule has 2 aromatic heterocycles. The Morgan fingerprint density at radius 2 is 2.24 bits per heavy atom. The van der Waals surface area contributed by atoms with Crippen LogP contribution in [-0.2, 0) is 0 Å². The molecule has 6 nitrogen and oxygen atoms in total. The van der Waals surface area contributed by atoms with Crippen LogP contribution in [0.1, 0.15) is 26.7 Å². The number of hydrogen-bond donors (Lipinski definition) is 3. The van der Waals surface area contributed by atoms with Gasteiger partial charge in [0.2, 0.25) is 5.95 Å². The molecule has 92 valence electrons. The molecule has 2 rings (SSSR count). The summed E-state index contributed by atoms with van der Waals surface area (Å²) in [5.74, 6) is 1.70. The number of H-pyrrole nitrogens is 1. The highest BCUT2D eigenvalue weighted by molar-refractivity contribution is 5.83. The average Bonchev–Trinajstić information content (AvgIpc) is 2.71. The fourth-order valence-corrected chi connectivity index (χ4v) is 1.70. The van der Waals surface area contributed by atoms with E-state index in [-0.39, 0.29) is 5.95 Å². The Hall–Kier alpha value is -1.85. The molecule has 0 atom stereocenters. The number of nitrogens with one attached hydrogen (secondary N) is 2. The van der Waals surface area contributed by atoms with Gasteiger partial charge in [-0.1, -0.05) is 13.8 Å². The number of aromatic amines is 1. The molecule has 0 aliphatic heterocycles. The van der Waals surface area contributed by atoms with E-state index in [0.29, 0.717) is 5.65 Å². The topological polar surface area (TPSA) is 92.5 Å². The zero-order valence-electron chi connectivity index (χ0n) is 10.2. The van der Waals surface area contributed by atoms with Gasteiger partial charge in [0.1, 0.15) is 5.52 Å². The monoisotopic (exact) mass is 234 g/mol. The number of imidazole rings is 1. The van der Waals surface area contributed by atoms with Crippen LogP contribution in [0.4, 0.5) is 11.8 Å². The lowest BCUT2D eigenvalue weighted by Gasteiger charge is -2.08. The highest BCUT2D eigenvalue weighted by atomic mass is 15.1. The molecule has 0 amide bonds. The Morgan fingerprint density at radius 3 is 3.00 bits per heavy atom. The van der Waals surface area contributed by atoms with Gasteiger partial charge in [-0.2, -0.15) is 9.97 Å². The summed E-state index contributed by atoms with van der Waals surface area (Å²) in [6.07, 6.45) is 3.90. The summed E-state index contributed by atoms with van der Waals surface area (Å²) in [6.45, 7) is 5.31. The van der Waals surface area contributed by atoms with Crippen molar-refractivity contribution in [3.05, 3.63) is 6.33 Å². The molecule has 0 unspecified atom stereocenters. The molecular weight excluding hydrogens is 216 g/mol. The summed E-state index contributed by atoms with van der Waals surface area (Å²) in [5.41, 5.74) is 7.03. The van der Waals surface area contributed by atoms with E-state index in [9.17, 15) is 0 Å². The molecule has 0 bridgehead atoms. The van der Waals surface area contributed by atoms with Gasteiger partial charge in [-0.15, -0.1) is 0 Å². The normalized spacial score (nSPS) is 11.2. The maximum Gasteiger partial charge on any atom is 0.224 e. The van der Waals surface area contributed by atoms with Crippen molar-refractivity contribution in [3.63, 3.8) is 0 Å². The summed E-state index contributed by atoms with van der Waals surface area (Å²) < 4.78 is 0. The van der Waals surface area contributed by atoms with Gasteiger partial charge in [0.15, 0.2) is 11.5 Å². The molecule has 0 aliphatic carbocycles. The lowest BCUT2D eigenvalue weighted by molar-refractivity contribution is 0.567. The minimum absolute atomic E-state index is 0.246. The van der Waals surface area contributed by atoms with Crippen molar-refractivity contribution in [2.24, 2.45) is 5.92 Å². The van der Waals surface area contributed by atoms with Gasteiger partial charge in [-0.25, -0.2) is 4.98 Å². The number of anilines is 2. The first kappa shape index (κ1) is 11.6. The van der Waals surface area contributed by atoms with Crippen molar-refractivity contribution in [1.82, 2.24) is 19.9 Å². The lowest BCUT2D eigenvalue weighted by Crippen LogP contribution is -2.07. The zero-order valence-corrected chi connectivity index (χ0v) is 10.2. The lowest BCUT2D eigenvalue weighted by atomic mass is 10.1. The minimum atomic E-state index is 0.246. The molecule has 6 heteroatoms. The molecule has 0 fully saturated rings. The van der Waals surface area contributed by atoms with Crippen molar-refractivity contribution in [2.45, 2.75) is 26.7 Å². The third-order valence-corrected chi connectivity index (χ3v) is 2.55. The summed E-state index contributed by atoms with van der Waals surface area (Å²) >= 11 is 0. The number of aromatic nitrogens is 4. The fourth-order valence-electron chi connectivity index (χ4n) is 1.70. The number of hydrogen-bond acceptors (Lipinski definition) is 5. The third-order valence-electron chi connectivity index (χ3n) is 2.55. The Labute approximate surface area is 100 Å². The second-order valence-electron chi connectivity index (χ2n) is 4.49. The Balaban J connectivity index is 2.04. The van der Waals surface area contributed by atoms with Crippen LogP contribution in [0.3, 0.4) is 0 Å². The summed E-state index contributed by atoms with van der Waals surface area (Å²) in [5, 5.41) is 3.27. The summed E-state index contributed by atoms with van der Waals surface area (Å²) in [6, 6.07) is 0. The minimum Gasteiger partial charge on any atom is -0.368 e. The van der Waals surface area contributed by atoms with Crippen LogP contribution in [0.5, 0.6) is 0 Å². The van der Waals surface area contributed by atoms with Crippen molar-refractivity contribution in [2.75, 3.05) is 17.6 Å². The molecule has 0 spiro atoms. The van der Waals surface area contributed by atoms with E-state index in [2.05, 4.69) is 39.1 Å². The van der Waals surface area contributed by atoms with Crippen LogP contribution in [0, 0.1) is 5.92 Å². The van der Waals surface area contributed by atoms with E-state index in [1.807, 2.05) is 0 Å². The molecule has 0 aliphatic rings. The maximum absolute atomic E-state index is 5.62. The first-order valence-corrected chi connectivity index (χ1v) is 5.87. The molecule has 0 saturated carbocycles. The summed E-state index contributed by atoms with van der Waals surface area (Å²) in [7, 11) is 0. The second-order valence-corrected chi connectivity index (χ2v) is 4.49. The van der Waals surface area contributed by atoms with Gasteiger partial charge in [0, 0.05) is 6.54 Å². The van der Waals surface area contributed by atoms with Crippen molar-refractivity contribution >= 4 is 22.9 Å². The molecular formula is C11H18N6. The molecule has 4 N–H and O–H groups in total. The van der Waals surface area contributed by atoms with E-state index in [1.54, 1.807) is 6.33 Å². The van der Waals surface area contributed by atoms with Crippen LogP contribution in [-0.4, -0.2) is 26.5 Å². The third kappa shape index (κ3) is 2.83. The number of fused-ring (bicyclic) bond motifs is 1. The van der Waals surface area contributed by atoms with Gasteiger partial charge in [0.05, 0.1) is 6.33 Å². The van der Waals surface area contributed by atoms with Crippen molar-refractivity contribution < 1.29 is 0 Å². The van der Waals surface area contributed by atoms with Gasteiger partial charge < -0.3 is 16.0 Å². The number of rotatable bonds is 5. The fraction of sp³-hybridized carbons (Fsp3) is 0.545. The summed E-state index contributed by atoms with van der Waals surface area (Å²) in [4.78, 5) is 15.3. The van der Waals surface area contributed by atoms with Crippen LogP contribution < -0.4 is 11.1 Å².